The van der Waals surface area contributed by atoms with E-state index in [9.17, 15) is 0 Å². The molecule has 134 valence electrons. The normalized spacial score (nSPS) is 28.3. The molecule has 0 amide bonds. The summed E-state index contributed by atoms with van der Waals surface area (Å²) >= 11 is 0. The van der Waals surface area contributed by atoms with E-state index in [1.54, 1.807) is 0 Å². The van der Waals surface area contributed by atoms with Gasteiger partial charge in [-0.3, -0.25) is 14.8 Å². The minimum Gasteiger partial charge on any atom is -0.355 e. The van der Waals surface area contributed by atoms with Crippen LogP contribution in [0.25, 0.3) is 0 Å². The van der Waals surface area contributed by atoms with Gasteiger partial charge in [0.1, 0.15) is 0 Å². The fourth-order valence-electron chi connectivity index (χ4n) is 3.84. The van der Waals surface area contributed by atoms with Crippen molar-refractivity contribution in [3.05, 3.63) is 0 Å². The molecule has 2 fully saturated rings. The summed E-state index contributed by atoms with van der Waals surface area (Å²) in [6.45, 7) is 10.1. The second-order valence-electron chi connectivity index (χ2n) is 7.13. The van der Waals surface area contributed by atoms with Gasteiger partial charge in [0.2, 0.25) is 0 Å². The summed E-state index contributed by atoms with van der Waals surface area (Å²) in [6.07, 6.45) is 2.64. The monoisotopic (exact) mass is 324 g/mol. The molecule has 0 aromatic heterocycles. The van der Waals surface area contributed by atoms with Crippen molar-refractivity contribution in [1.29, 1.82) is 0 Å². The molecule has 2 atom stereocenters. The third kappa shape index (κ3) is 5.06. The maximum absolute atomic E-state index is 4.49. The van der Waals surface area contributed by atoms with Crippen LogP contribution in [0.4, 0.5) is 0 Å². The Morgan fingerprint density at radius 1 is 1.22 bits per heavy atom. The minimum atomic E-state index is 0.553. The predicted octanol–water partition coefficient (Wildman–Crippen LogP) is 0.224. The highest BCUT2D eigenvalue weighted by atomic mass is 15.3. The molecule has 0 aromatic carbocycles. The Morgan fingerprint density at radius 2 is 2.00 bits per heavy atom. The van der Waals surface area contributed by atoms with Crippen LogP contribution in [-0.2, 0) is 0 Å². The van der Waals surface area contributed by atoms with Gasteiger partial charge in [-0.1, -0.05) is 6.92 Å². The first-order chi connectivity index (χ1) is 11.0. The largest absolute Gasteiger partial charge is 0.355 e. The SMILES string of the molecule is CCN1CCCC1CN(C)C(=NC)NCC1CN(C)CCN1C. The number of rotatable bonds is 5. The van der Waals surface area contributed by atoms with Crippen molar-refractivity contribution in [2.45, 2.75) is 31.8 Å². The van der Waals surface area contributed by atoms with Gasteiger partial charge in [-0.25, -0.2) is 0 Å². The second kappa shape index (κ2) is 8.85. The molecule has 0 spiro atoms. The molecule has 2 rings (SSSR count). The lowest BCUT2D eigenvalue weighted by Gasteiger charge is -2.38. The fraction of sp³-hybridized carbons (Fsp3) is 0.941. The highest BCUT2D eigenvalue weighted by molar-refractivity contribution is 5.79. The number of hydrogen-bond donors (Lipinski definition) is 1. The molecule has 2 aliphatic rings. The predicted molar refractivity (Wildman–Crippen MR) is 98.2 cm³/mol. The van der Waals surface area contributed by atoms with Crippen LogP contribution < -0.4 is 5.32 Å². The summed E-state index contributed by atoms with van der Waals surface area (Å²) in [5, 5.41) is 3.59. The zero-order chi connectivity index (χ0) is 16.8. The maximum Gasteiger partial charge on any atom is 0.193 e. The standard InChI is InChI=1S/C17H36N6/c1-6-23-9-7-8-15(23)14-22(5)17(18-2)19-12-16-13-20(3)10-11-21(16)4/h15-16H,6-14H2,1-5H3,(H,18,19). The van der Waals surface area contributed by atoms with Crippen molar-refractivity contribution in [2.75, 3.05) is 74.0 Å². The number of hydrogen-bond acceptors (Lipinski definition) is 4. The van der Waals surface area contributed by atoms with Crippen LogP contribution in [0.2, 0.25) is 0 Å². The lowest BCUT2D eigenvalue weighted by atomic mass is 10.2. The quantitative estimate of drug-likeness (QED) is 0.579. The number of guanidine groups is 1. The van der Waals surface area contributed by atoms with Crippen LogP contribution >= 0.6 is 0 Å². The highest BCUT2D eigenvalue weighted by Gasteiger charge is 2.26. The van der Waals surface area contributed by atoms with Crippen LogP contribution in [-0.4, -0.2) is 112 Å². The zero-order valence-corrected chi connectivity index (χ0v) is 15.8. The molecule has 23 heavy (non-hydrogen) atoms. The Kier molecular flexibility index (Phi) is 7.11. The number of aliphatic imine (C=N–C) groups is 1. The van der Waals surface area contributed by atoms with Crippen LogP contribution in [0, 0.1) is 0 Å². The van der Waals surface area contributed by atoms with E-state index in [1.165, 1.54) is 19.4 Å². The molecular formula is C17H36N6. The van der Waals surface area contributed by atoms with E-state index in [0.717, 1.165) is 45.2 Å². The van der Waals surface area contributed by atoms with Gasteiger partial charge in [0.15, 0.2) is 5.96 Å². The van der Waals surface area contributed by atoms with E-state index in [0.29, 0.717) is 12.1 Å². The topological polar surface area (TPSA) is 37.4 Å². The zero-order valence-electron chi connectivity index (χ0n) is 15.8. The first-order valence-corrected chi connectivity index (χ1v) is 9.09. The van der Waals surface area contributed by atoms with E-state index in [1.807, 2.05) is 7.05 Å². The van der Waals surface area contributed by atoms with Gasteiger partial charge >= 0.3 is 0 Å². The number of likely N-dealkylation sites (N-methyl/N-ethyl adjacent to an activating group) is 4. The van der Waals surface area contributed by atoms with Gasteiger partial charge in [0.25, 0.3) is 0 Å². The number of likely N-dealkylation sites (tertiary alicyclic amines) is 1. The van der Waals surface area contributed by atoms with E-state index in [4.69, 9.17) is 0 Å². The molecule has 0 aliphatic carbocycles. The van der Waals surface area contributed by atoms with Crippen LogP contribution in [0.5, 0.6) is 0 Å². The summed E-state index contributed by atoms with van der Waals surface area (Å²) in [4.78, 5) is 14.2. The Labute approximate surface area is 142 Å². The molecule has 2 saturated heterocycles. The van der Waals surface area contributed by atoms with Crippen LogP contribution in [0.15, 0.2) is 4.99 Å². The number of piperazine rings is 1. The van der Waals surface area contributed by atoms with E-state index in [-0.39, 0.29) is 0 Å². The molecule has 6 nitrogen and oxygen atoms in total. The molecule has 1 N–H and O–H groups in total. The van der Waals surface area contributed by atoms with Gasteiger partial charge in [0.05, 0.1) is 0 Å². The molecule has 0 aromatic rings. The summed E-state index contributed by atoms with van der Waals surface area (Å²) in [7, 11) is 8.49. The lowest BCUT2D eigenvalue weighted by Crippen LogP contribution is -2.56. The molecule has 2 aliphatic heterocycles. The van der Waals surface area contributed by atoms with E-state index < -0.39 is 0 Å². The molecule has 2 unspecified atom stereocenters. The molecule has 0 saturated carbocycles. The van der Waals surface area contributed by atoms with Gasteiger partial charge < -0.3 is 15.1 Å². The van der Waals surface area contributed by atoms with Gasteiger partial charge in [-0.2, -0.15) is 0 Å². The first kappa shape index (κ1) is 18.5. The summed E-state index contributed by atoms with van der Waals surface area (Å²) in [5.74, 6) is 1.02. The smallest absolute Gasteiger partial charge is 0.193 e. The lowest BCUT2D eigenvalue weighted by molar-refractivity contribution is 0.116. The minimum absolute atomic E-state index is 0.553. The van der Waals surface area contributed by atoms with Crippen molar-refractivity contribution < 1.29 is 0 Å². The second-order valence-corrected chi connectivity index (χ2v) is 7.13. The van der Waals surface area contributed by atoms with Gasteiger partial charge in [0, 0.05) is 58.9 Å². The Hall–Kier alpha value is -0.850. The highest BCUT2D eigenvalue weighted by Crippen LogP contribution is 2.17. The number of nitrogens with one attached hydrogen (secondary N) is 1. The number of nitrogens with zero attached hydrogens (tertiary/aromatic N) is 5. The molecule has 2 heterocycles. The maximum atomic E-state index is 4.49. The van der Waals surface area contributed by atoms with Crippen LogP contribution in [0.3, 0.4) is 0 Å². The Bertz CT molecular complexity index is 385. The van der Waals surface area contributed by atoms with Crippen molar-refractivity contribution in [3.8, 4) is 0 Å². The molecular weight excluding hydrogens is 288 g/mol. The third-order valence-corrected chi connectivity index (χ3v) is 5.44. The third-order valence-electron chi connectivity index (χ3n) is 5.44. The Morgan fingerprint density at radius 3 is 2.70 bits per heavy atom. The molecule has 0 bridgehead atoms. The van der Waals surface area contributed by atoms with E-state index in [2.05, 4.69) is 58.0 Å². The fourth-order valence-corrected chi connectivity index (χ4v) is 3.84. The summed E-state index contributed by atoms with van der Waals surface area (Å²) in [6, 6.07) is 1.23. The Balaban J connectivity index is 1.82. The van der Waals surface area contributed by atoms with Crippen molar-refractivity contribution in [1.82, 2.24) is 24.9 Å². The van der Waals surface area contributed by atoms with Crippen LogP contribution in [0.1, 0.15) is 19.8 Å². The molecule has 0 radical (unpaired) electrons. The van der Waals surface area contributed by atoms with Crippen molar-refractivity contribution >= 4 is 5.96 Å². The van der Waals surface area contributed by atoms with Crippen molar-refractivity contribution in [2.24, 2.45) is 4.99 Å². The summed E-state index contributed by atoms with van der Waals surface area (Å²) < 4.78 is 0. The average molecular weight is 325 g/mol. The van der Waals surface area contributed by atoms with E-state index >= 15 is 0 Å². The first-order valence-electron chi connectivity index (χ1n) is 9.09. The van der Waals surface area contributed by atoms with Gasteiger partial charge in [-0.15, -0.1) is 0 Å². The molecule has 6 heteroatoms. The van der Waals surface area contributed by atoms with Gasteiger partial charge in [-0.05, 0) is 40.0 Å². The average Bonchev–Trinajstić information content (AvgIpc) is 2.98. The summed E-state index contributed by atoms with van der Waals surface area (Å²) in [5.41, 5.74) is 0. The van der Waals surface area contributed by atoms with Crippen molar-refractivity contribution in [3.63, 3.8) is 0 Å².